The molecule has 2 aromatic rings. The summed E-state index contributed by atoms with van der Waals surface area (Å²) < 4.78 is 19.2. The lowest BCUT2D eigenvalue weighted by molar-refractivity contribution is 0.102. The highest BCUT2D eigenvalue weighted by molar-refractivity contribution is 9.10. The van der Waals surface area contributed by atoms with Crippen molar-refractivity contribution in [3.8, 4) is 11.8 Å². The van der Waals surface area contributed by atoms with Gasteiger partial charge in [0.2, 0.25) is 0 Å². The Balaban J connectivity index is 2.32. The number of carbonyl (C=O) groups is 1. The van der Waals surface area contributed by atoms with E-state index in [0.717, 1.165) is 0 Å². The van der Waals surface area contributed by atoms with E-state index in [0.29, 0.717) is 17.0 Å². The second-order valence-electron chi connectivity index (χ2n) is 4.08. The largest absolute Gasteiger partial charge is 0.495 e. The molecule has 6 heteroatoms. The molecule has 0 atom stereocenters. The number of nitriles is 1. The summed E-state index contributed by atoms with van der Waals surface area (Å²) >= 11 is 3.03. The zero-order valence-electron chi connectivity index (χ0n) is 11.0. The lowest BCUT2D eigenvalue weighted by Gasteiger charge is -2.11. The van der Waals surface area contributed by atoms with Crippen LogP contribution in [0.3, 0.4) is 0 Å². The van der Waals surface area contributed by atoms with Crippen molar-refractivity contribution in [2.75, 3.05) is 12.4 Å². The van der Waals surface area contributed by atoms with E-state index >= 15 is 0 Å². The van der Waals surface area contributed by atoms with Crippen LogP contribution in [0.5, 0.6) is 5.75 Å². The predicted octanol–water partition coefficient (Wildman–Crippen LogP) is 3.72. The molecule has 0 bridgehead atoms. The van der Waals surface area contributed by atoms with E-state index in [2.05, 4.69) is 21.2 Å². The molecule has 0 unspecified atom stereocenters. The first-order valence-corrected chi connectivity index (χ1v) is 6.69. The standard InChI is InChI=1S/C15H10BrFN2O2/c1-21-13-7-9(8-18)5-6-12(13)19-15(20)10-3-2-4-11(16)14(10)17/h2-7H,1H3,(H,19,20). The molecule has 1 N–H and O–H groups in total. The minimum Gasteiger partial charge on any atom is -0.495 e. The van der Waals surface area contributed by atoms with Crippen LogP contribution in [0.4, 0.5) is 10.1 Å². The average Bonchev–Trinajstić information content (AvgIpc) is 2.50. The molecule has 0 radical (unpaired) electrons. The third-order valence-corrected chi connectivity index (χ3v) is 3.39. The Morgan fingerprint density at radius 3 is 2.81 bits per heavy atom. The molecule has 0 aromatic heterocycles. The van der Waals surface area contributed by atoms with Gasteiger partial charge in [0.25, 0.3) is 5.91 Å². The number of methoxy groups -OCH3 is 1. The van der Waals surface area contributed by atoms with Crippen LogP contribution in [0.1, 0.15) is 15.9 Å². The first-order chi connectivity index (χ1) is 10.1. The molecule has 0 aliphatic rings. The summed E-state index contributed by atoms with van der Waals surface area (Å²) in [5, 5.41) is 11.4. The predicted molar refractivity (Wildman–Crippen MR) is 79.8 cm³/mol. The molecule has 106 valence electrons. The van der Waals surface area contributed by atoms with E-state index in [9.17, 15) is 9.18 Å². The van der Waals surface area contributed by atoms with Gasteiger partial charge in [-0.1, -0.05) is 6.07 Å². The topological polar surface area (TPSA) is 62.1 Å². The van der Waals surface area contributed by atoms with E-state index in [1.165, 1.54) is 37.4 Å². The number of nitrogens with one attached hydrogen (secondary N) is 1. The smallest absolute Gasteiger partial charge is 0.258 e. The van der Waals surface area contributed by atoms with E-state index in [1.54, 1.807) is 6.07 Å². The molecule has 0 saturated carbocycles. The number of hydrogen-bond donors (Lipinski definition) is 1. The van der Waals surface area contributed by atoms with Gasteiger partial charge in [0.05, 0.1) is 34.5 Å². The molecule has 0 aliphatic heterocycles. The molecule has 1 amide bonds. The quantitative estimate of drug-likeness (QED) is 0.919. The first kappa shape index (κ1) is 15.0. The third kappa shape index (κ3) is 3.20. The van der Waals surface area contributed by atoms with Crippen molar-refractivity contribution in [2.45, 2.75) is 0 Å². The molecule has 4 nitrogen and oxygen atoms in total. The molecule has 2 rings (SSSR count). The van der Waals surface area contributed by atoms with Crippen LogP contribution in [-0.4, -0.2) is 13.0 Å². The van der Waals surface area contributed by atoms with Crippen LogP contribution in [0.15, 0.2) is 40.9 Å². The van der Waals surface area contributed by atoms with Gasteiger partial charge in [0.1, 0.15) is 11.6 Å². The Bertz CT molecular complexity index is 741. The summed E-state index contributed by atoms with van der Waals surface area (Å²) in [7, 11) is 1.42. The van der Waals surface area contributed by atoms with Crippen molar-refractivity contribution >= 4 is 27.5 Å². The van der Waals surface area contributed by atoms with Gasteiger partial charge in [-0.15, -0.1) is 0 Å². The fourth-order valence-corrected chi connectivity index (χ4v) is 2.10. The summed E-state index contributed by atoms with van der Waals surface area (Å²) in [6.45, 7) is 0. The van der Waals surface area contributed by atoms with Crippen LogP contribution in [0.2, 0.25) is 0 Å². The fourth-order valence-electron chi connectivity index (χ4n) is 1.73. The minimum absolute atomic E-state index is 0.0872. The van der Waals surface area contributed by atoms with Crippen LogP contribution in [0, 0.1) is 17.1 Å². The average molecular weight is 349 g/mol. The zero-order chi connectivity index (χ0) is 15.4. The third-order valence-electron chi connectivity index (χ3n) is 2.78. The summed E-state index contributed by atoms with van der Waals surface area (Å²) in [5.74, 6) is -0.905. The van der Waals surface area contributed by atoms with Crippen LogP contribution < -0.4 is 10.1 Å². The molecule has 0 heterocycles. The molecule has 0 aliphatic carbocycles. The number of carbonyl (C=O) groups excluding carboxylic acids is 1. The molecule has 2 aromatic carbocycles. The fraction of sp³-hybridized carbons (Fsp3) is 0.0667. The van der Waals surface area contributed by atoms with Gasteiger partial charge in [-0.2, -0.15) is 5.26 Å². The lowest BCUT2D eigenvalue weighted by atomic mass is 10.1. The van der Waals surface area contributed by atoms with Crippen molar-refractivity contribution in [2.24, 2.45) is 0 Å². The number of nitrogens with zero attached hydrogens (tertiary/aromatic N) is 1. The molecular weight excluding hydrogens is 339 g/mol. The number of hydrogen-bond acceptors (Lipinski definition) is 3. The normalized spacial score (nSPS) is 9.81. The van der Waals surface area contributed by atoms with E-state index < -0.39 is 11.7 Å². The molecular formula is C15H10BrFN2O2. The second kappa shape index (κ2) is 6.37. The summed E-state index contributed by atoms with van der Waals surface area (Å²) in [4.78, 5) is 12.1. The van der Waals surface area contributed by atoms with Gasteiger partial charge in [0, 0.05) is 6.07 Å². The number of halogens is 2. The molecule has 0 spiro atoms. The number of rotatable bonds is 3. The Labute approximate surface area is 129 Å². The Hall–Kier alpha value is -2.39. The van der Waals surface area contributed by atoms with Crippen LogP contribution in [-0.2, 0) is 0 Å². The highest BCUT2D eigenvalue weighted by Crippen LogP contribution is 2.27. The summed E-state index contributed by atoms with van der Waals surface area (Å²) in [6, 6.07) is 11.0. The number of benzene rings is 2. The van der Waals surface area contributed by atoms with Crippen molar-refractivity contribution in [3.05, 3.63) is 57.8 Å². The number of amides is 1. The van der Waals surface area contributed by atoms with E-state index in [4.69, 9.17) is 10.00 Å². The maximum Gasteiger partial charge on any atom is 0.258 e. The second-order valence-corrected chi connectivity index (χ2v) is 4.94. The summed E-state index contributed by atoms with van der Waals surface area (Å²) in [6.07, 6.45) is 0. The Morgan fingerprint density at radius 1 is 1.38 bits per heavy atom. The summed E-state index contributed by atoms with van der Waals surface area (Å²) in [5.41, 5.74) is 0.676. The van der Waals surface area contributed by atoms with Crippen LogP contribution in [0.25, 0.3) is 0 Å². The zero-order valence-corrected chi connectivity index (χ0v) is 12.6. The van der Waals surface area contributed by atoms with Crippen molar-refractivity contribution < 1.29 is 13.9 Å². The molecule has 0 saturated heterocycles. The maximum atomic E-state index is 13.9. The number of anilines is 1. The molecule has 0 fully saturated rings. The highest BCUT2D eigenvalue weighted by Gasteiger charge is 2.15. The molecule has 21 heavy (non-hydrogen) atoms. The Kier molecular flexibility index (Phi) is 4.55. The lowest BCUT2D eigenvalue weighted by Crippen LogP contribution is -2.14. The van der Waals surface area contributed by atoms with Gasteiger partial charge in [-0.05, 0) is 40.2 Å². The van der Waals surface area contributed by atoms with Gasteiger partial charge in [0.15, 0.2) is 0 Å². The SMILES string of the molecule is COc1cc(C#N)ccc1NC(=O)c1cccc(Br)c1F. The van der Waals surface area contributed by atoms with Crippen molar-refractivity contribution in [1.29, 1.82) is 5.26 Å². The van der Waals surface area contributed by atoms with E-state index in [1.807, 2.05) is 6.07 Å². The van der Waals surface area contributed by atoms with Gasteiger partial charge in [-0.25, -0.2) is 4.39 Å². The van der Waals surface area contributed by atoms with Gasteiger partial charge < -0.3 is 10.1 Å². The maximum absolute atomic E-state index is 13.9. The van der Waals surface area contributed by atoms with Gasteiger partial charge in [-0.3, -0.25) is 4.79 Å². The highest BCUT2D eigenvalue weighted by atomic mass is 79.9. The van der Waals surface area contributed by atoms with E-state index in [-0.39, 0.29) is 10.0 Å². The number of ether oxygens (including phenoxy) is 1. The monoisotopic (exact) mass is 348 g/mol. The van der Waals surface area contributed by atoms with Crippen LogP contribution >= 0.6 is 15.9 Å². The van der Waals surface area contributed by atoms with Crippen molar-refractivity contribution in [3.63, 3.8) is 0 Å². The first-order valence-electron chi connectivity index (χ1n) is 5.90. The van der Waals surface area contributed by atoms with Crippen molar-refractivity contribution in [1.82, 2.24) is 0 Å². The Morgan fingerprint density at radius 2 is 2.14 bits per heavy atom. The van der Waals surface area contributed by atoms with Gasteiger partial charge >= 0.3 is 0 Å². The minimum atomic E-state index is -0.636.